The molecular formula is C21H23N3O3. The van der Waals surface area contributed by atoms with Gasteiger partial charge >= 0.3 is 5.97 Å². The van der Waals surface area contributed by atoms with Crippen molar-refractivity contribution in [2.24, 2.45) is 0 Å². The summed E-state index contributed by atoms with van der Waals surface area (Å²) < 4.78 is 12.4. The summed E-state index contributed by atoms with van der Waals surface area (Å²) in [7, 11) is 1.62. The van der Waals surface area contributed by atoms with Gasteiger partial charge < -0.3 is 9.47 Å². The van der Waals surface area contributed by atoms with Gasteiger partial charge in [0, 0.05) is 18.9 Å². The summed E-state index contributed by atoms with van der Waals surface area (Å²) in [5.74, 6) is -0.429. The van der Waals surface area contributed by atoms with E-state index in [1.807, 2.05) is 49.4 Å². The van der Waals surface area contributed by atoms with Crippen LogP contribution in [0, 0.1) is 0 Å². The molecule has 1 aromatic carbocycles. The first-order valence-electron chi connectivity index (χ1n) is 8.99. The van der Waals surface area contributed by atoms with Crippen LogP contribution in [-0.4, -0.2) is 34.5 Å². The van der Waals surface area contributed by atoms with E-state index in [9.17, 15) is 4.79 Å². The highest BCUT2D eigenvalue weighted by Gasteiger charge is 2.19. The fraction of sp³-hybridized carbons (Fsp3) is 0.286. The maximum Gasteiger partial charge on any atom is 0.357 e. The van der Waals surface area contributed by atoms with Crippen LogP contribution in [0.15, 0.2) is 54.7 Å². The van der Waals surface area contributed by atoms with Crippen molar-refractivity contribution in [3.05, 3.63) is 60.4 Å². The Labute approximate surface area is 158 Å². The van der Waals surface area contributed by atoms with Crippen LogP contribution >= 0.6 is 0 Å². The van der Waals surface area contributed by atoms with E-state index in [0.717, 1.165) is 24.1 Å². The molecule has 0 spiro atoms. The van der Waals surface area contributed by atoms with E-state index in [4.69, 9.17) is 9.47 Å². The lowest BCUT2D eigenvalue weighted by atomic mass is 10.1. The molecular weight excluding hydrogens is 342 g/mol. The van der Waals surface area contributed by atoms with Crippen LogP contribution in [0.1, 0.15) is 30.3 Å². The number of nitrogens with zero attached hydrogens (tertiary/aromatic N) is 3. The minimum Gasteiger partial charge on any atom is -0.461 e. The number of hydrogen-bond donors (Lipinski definition) is 0. The van der Waals surface area contributed by atoms with Gasteiger partial charge in [-0.3, -0.25) is 0 Å². The first-order valence-corrected chi connectivity index (χ1v) is 8.99. The summed E-state index contributed by atoms with van der Waals surface area (Å²) in [5, 5.41) is 4.63. The SMILES string of the molecule is CCCCOC(=O)c1ncccc1-c1cc(-c2ccccc2)n(COC)n1. The molecule has 2 aromatic heterocycles. The summed E-state index contributed by atoms with van der Waals surface area (Å²) >= 11 is 0. The molecule has 0 aliphatic carbocycles. The maximum atomic E-state index is 12.5. The summed E-state index contributed by atoms with van der Waals surface area (Å²) in [6.45, 7) is 2.74. The average Bonchev–Trinajstić information content (AvgIpc) is 3.13. The number of methoxy groups -OCH3 is 1. The molecule has 0 bridgehead atoms. The van der Waals surface area contributed by atoms with Crippen molar-refractivity contribution in [1.29, 1.82) is 0 Å². The third-order valence-electron chi connectivity index (χ3n) is 4.11. The van der Waals surface area contributed by atoms with Crippen molar-refractivity contribution < 1.29 is 14.3 Å². The second kappa shape index (κ2) is 9.09. The van der Waals surface area contributed by atoms with Gasteiger partial charge in [0.25, 0.3) is 0 Å². The highest BCUT2D eigenvalue weighted by molar-refractivity contribution is 5.94. The highest BCUT2D eigenvalue weighted by Crippen LogP contribution is 2.28. The van der Waals surface area contributed by atoms with Crippen molar-refractivity contribution in [3.63, 3.8) is 0 Å². The van der Waals surface area contributed by atoms with E-state index >= 15 is 0 Å². The zero-order valence-corrected chi connectivity index (χ0v) is 15.6. The molecule has 27 heavy (non-hydrogen) atoms. The molecule has 3 rings (SSSR count). The number of unbranched alkanes of at least 4 members (excludes halogenated alkanes) is 1. The number of pyridine rings is 1. The molecule has 2 heterocycles. The third kappa shape index (κ3) is 4.41. The number of carbonyl (C=O) groups excluding carboxylic acids is 1. The lowest BCUT2D eigenvalue weighted by Gasteiger charge is -2.07. The predicted octanol–water partition coefficient (Wildman–Crippen LogP) is 4.17. The van der Waals surface area contributed by atoms with Crippen LogP contribution in [0.2, 0.25) is 0 Å². The monoisotopic (exact) mass is 365 g/mol. The Morgan fingerprint density at radius 1 is 1.15 bits per heavy atom. The number of hydrogen-bond acceptors (Lipinski definition) is 5. The van der Waals surface area contributed by atoms with Gasteiger partial charge in [-0.2, -0.15) is 5.10 Å². The predicted molar refractivity (Wildman–Crippen MR) is 103 cm³/mol. The van der Waals surface area contributed by atoms with Crippen molar-refractivity contribution in [2.45, 2.75) is 26.5 Å². The second-order valence-corrected chi connectivity index (χ2v) is 6.09. The van der Waals surface area contributed by atoms with Gasteiger partial charge in [-0.05, 0) is 30.2 Å². The standard InChI is InChI=1S/C21H23N3O3/c1-3-4-13-27-21(25)20-17(11-8-12-22-20)18-14-19(24(23-18)15-26-2)16-9-6-5-7-10-16/h5-12,14H,3-4,13,15H2,1-2H3. The highest BCUT2D eigenvalue weighted by atomic mass is 16.5. The van der Waals surface area contributed by atoms with Gasteiger partial charge in [0.15, 0.2) is 5.69 Å². The van der Waals surface area contributed by atoms with Crippen molar-refractivity contribution in [1.82, 2.24) is 14.8 Å². The summed E-state index contributed by atoms with van der Waals surface area (Å²) in [6, 6.07) is 15.5. The van der Waals surface area contributed by atoms with Crippen molar-refractivity contribution in [2.75, 3.05) is 13.7 Å². The lowest BCUT2D eigenvalue weighted by Crippen LogP contribution is -2.10. The zero-order valence-electron chi connectivity index (χ0n) is 15.6. The van der Waals surface area contributed by atoms with E-state index in [1.54, 1.807) is 24.1 Å². The largest absolute Gasteiger partial charge is 0.461 e. The molecule has 140 valence electrons. The second-order valence-electron chi connectivity index (χ2n) is 6.09. The number of carbonyl (C=O) groups is 1. The van der Waals surface area contributed by atoms with E-state index in [2.05, 4.69) is 10.1 Å². The van der Waals surface area contributed by atoms with Gasteiger partial charge in [0.1, 0.15) is 6.73 Å². The number of benzene rings is 1. The Hall–Kier alpha value is -2.99. The Balaban J connectivity index is 1.98. The fourth-order valence-corrected chi connectivity index (χ4v) is 2.76. The Morgan fingerprint density at radius 3 is 2.70 bits per heavy atom. The van der Waals surface area contributed by atoms with Crippen LogP contribution in [0.5, 0.6) is 0 Å². The number of aromatic nitrogens is 3. The number of esters is 1. The molecule has 3 aromatic rings. The average molecular weight is 365 g/mol. The third-order valence-corrected chi connectivity index (χ3v) is 4.11. The van der Waals surface area contributed by atoms with Crippen molar-refractivity contribution >= 4 is 5.97 Å². The molecule has 6 heteroatoms. The number of rotatable bonds is 8. The van der Waals surface area contributed by atoms with E-state index < -0.39 is 5.97 Å². The number of ether oxygens (including phenoxy) is 2. The van der Waals surface area contributed by atoms with Gasteiger partial charge in [0.2, 0.25) is 0 Å². The molecule has 0 radical (unpaired) electrons. The maximum absolute atomic E-state index is 12.5. The van der Waals surface area contributed by atoms with E-state index in [-0.39, 0.29) is 5.69 Å². The Kier molecular flexibility index (Phi) is 6.33. The molecule has 0 amide bonds. The molecule has 0 fully saturated rings. The quantitative estimate of drug-likeness (QED) is 0.443. The molecule has 0 aliphatic rings. The smallest absolute Gasteiger partial charge is 0.357 e. The normalized spacial score (nSPS) is 10.7. The molecule has 0 saturated carbocycles. The Morgan fingerprint density at radius 2 is 1.96 bits per heavy atom. The Bertz CT molecular complexity index is 891. The van der Waals surface area contributed by atoms with E-state index in [1.165, 1.54) is 0 Å². The fourth-order valence-electron chi connectivity index (χ4n) is 2.76. The molecule has 0 saturated heterocycles. The summed E-state index contributed by atoms with van der Waals surface area (Å²) in [4.78, 5) is 16.7. The van der Waals surface area contributed by atoms with Gasteiger partial charge in [0.05, 0.1) is 18.0 Å². The molecule has 0 aliphatic heterocycles. The molecule has 0 atom stereocenters. The van der Waals surface area contributed by atoms with Gasteiger partial charge in [-0.25, -0.2) is 14.5 Å². The topological polar surface area (TPSA) is 66.2 Å². The zero-order chi connectivity index (χ0) is 19.1. The molecule has 0 unspecified atom stereocenters. The van der Waals surface area contributed by atoms with Crippen LogP contribution in [0.3, 0.4) is 0 Å². The molecule has 6 nitrogen and oxygen atoms in total. The van der Waals surface area contributed by atoms with Crippen LogP contribution in [-0.2, 0) is 16.2 Å². The van der Waals surface area contributed by atoms with Crippen LogP contribution < -0.4 is 0 Å². The molecule has 0 N–H and O–H groups in total. The minimum absolute atomic E-state index is 0.273. The summed E-state index contributed by atoms with van der Waals surface area (Å²) in [5.41, 5.74) is 3.49. The summed E-state index contributed by atoms with van der Waals surface area (Å²) in [6.07, 6.45) is 3.38. The van der Waals surface area contributed by atoms with Gasteiger partial charge in [-0.1, -0.05) is 43.7 Å². The van der Waals surface area contributed by atoms with Crippen LogP contribution in [0.25, 0.3) is 22.5 Å². The lowest BCUT2D eigenvalue weighted by molar-refractivity contribution is 0.0494. The first-order chi connectivity index (χ1) is 13.2. The van der Waals surface area contributed by atoms with E-state index in [0.29, 0.717) is 24.6 Å². The van der Waals surface area contributed by atoms with Crippen LogP contribution in [0.4, 0.5) is 0 Å². The van der Waals surface area contributed by atoms with Gasteiger partial charge in [-0.15, -0.1) is 0 Å². The first kappa shape index (κ1) is 18.8. The van der Waals surface area contributed by atoms with Crippen molar-refractivity contribution in [3.8, 4) is 22.5 Å². The minimum atomic E-state index is -0.429.